The van der Waals surface area contributed by atoms with Gasteiger partial charge in [-0.15, -0.1) is 0 Å². The van der Waals surface area contributed by atoms with Crippen molar-refractivity contribution in [3.63, 3.8) is 0 Å². The minimum atomic E-state index is 0.0402. The maximum absolute atomic E-state index is 12.5. The van der Waals surface area contributed by atoms with E-state index in [0.29, 0.717) is 6.54 Å². The van der Waals surface area contributed by atoms with Crippen molar-refractivity contribution in [1.29, 1.82) is 0 Å². The van der Waals surface area contributed by atoms with Gasteiger partial charge >= 0.3 is 0 Å². The number of thiazole rings is 1. The topological polar surface area (TPSA) is 33.4 Å². The molecule has 40 heavy (non-hydrogen) atoms. The third-order valence-electron chi connectivity index (χ3n) is 7.53. The van der Waals surface area contributed by atoms with Gasteiger partial charge in [-0.3, -0.25) is 4.79 Å². The number of carbonyl (C=O) groups excluding carboxylic acids is 1. The number of nitrogens with zero attached hydrogens (tertiary/aromatic N) is 2. The zero-order valence-corrected chi connectivity index (χ0v) is 25.8. The zero-order chi connectivity index (χ0) is 28.3. The van der Waals surface area contributed by atoms with Gasteiger partial charge < -0.3 is 9.64 Å². The first-order chi connectivity index (χ1) is 19.7. The number of hydrogen-bond donors (Lipinski definition) is 0. The van der Waals surface area contributed by atoms with Crippen molar-refractivity contribution in [2.75, 3.05) is 11.5 Å². The number of rotatable bonds is 21. The Balaban J connectivity index is 1.28. The number of anilines is 1. The van der Waals surface area contributed by atoms with Crippen LogP contribution in [0.25, 0.3) is 0 Å². The van der Waals surface area contributed by atoms with Gasteiger partial charge in [0.25, 0.3) is 0 Å². The summed E-state index contributed by atoms with van der Waals surface area (Å²) in [6.45, 7) is 6.03. The molecule has 0 spiro atoms. The summed E-state index contributed by atoms with van der Waals surface area (Å²) in [5.74, 6) is 0.945. The lowest BCUT2D eigenvalue weighted by atomic mass is 10.0. The molecular weight excluding hydrogens is 512 g/mol. The summed E-state index contributed by atoms with van der Waals surface area (Å²) in [4.78, 5) is 14.3. The fraction of sp³-hybridized carbons (Fsp3) is 0.543. The molecule has 0 fully saturated rings. The first kappa shape index (κ1) is 31.9. The van der Waals surface area contributed by atoms with Crippen LogP contribution in [-0.4, -0.2) is 12.5 Å². The van der Waals surface area contributed by atoms with E-state index in [2.05, 4.69) is 52.8 Å². The van der Waals surface area contributed by atoms with Crippen molar-refractivity contribution in [1.82, 2.24) is 0 Å². The standard InChI is InChI=1S/C35H51N2O2S/c1-3-4-5-6-7-8-9-10-11-12-13-14-15-16-25-39-35-22-20-32(21-23-35)29-37(31(2)38)34-19-17-18-33(27-34)28-36-24-26-40-30-36/h17-24,26-27,30H,3-16,25,28-29H2,1-2H3/q+1. The Labute approximate surface area is 247 Å². The van der Waals surface area contributed by atoms with E-state index in [1.54, 1.807) is 18.3 Å². The molecule has 4 nitrogen and oxygen atoms in total. The number of amides is 1. The highest BCUT2D eigenvalue weighted by Gasteiger charge is 2.14. The molecular formula is C35H51N2O2S+. The van der Waals surface area contributed by atoms with Crippen molar-refractivity contribution in [2.45, 2.75) is 117 Å². The third kappa shape index (κ3) is 12.7. The van der Waals surface area contributed by atoms with Crippen LogP contribution in [0.2, 0.25) is 0 Å². The minimum absolute atomic E-state index is 0.0402. The maximum Gasteiger partial charge on any atom is 0.224 e. The lowest BCUT2D eigenvalue weighted by Gasteiger charge is -2.22. The fourth-order valence-corrected chi connectivity index (χ4v) is 5.73. The molecule has 0 N–H and O–H groups in total. The molecule has 0 aliphatic heterocycles. The Morgan fingerprint density at radius 1 is 0.800 bits per heavy atom. The van der Waals surface area contributed by atoms with Gasteiger partial charge in [-0.25, -0.2) is 0 Å². The van der Waals surface area contributed by atoms with Crippen LogP contribution in [0.1, 0.15) is 115 Å². The van der Waals surface area contributed by atoms with Gasteiger partial charge in [0.2, 0.25) is 11.4 Å². The van der Waals surface area contributed by atoms with Gasteiger partial charge in [0.15, 0.2) is 12.7 Å². The molecule has 0 aliphatic rings. The molecule has 5 heteroatoms. The summed E-state index contributed by atoms with van der Waals surface area (Å²) in [6, 6.07) is 16.5. The Morgan fingerprint density at radius 2 is 1.43 bits per heavy atom. The third-order valence-corrected chi connectivity index (χ3v) is 8.20. The van der Waals surface area contributed by atoms with Gasteiger partial charge in [0, 0.05) is 18.2 Å². The molecule has 0 unspecified atom stereocenters. The Kier molecular flexibility index (Phi) is 15.5. The number of aromatic nitrogens is 1. The molecule has 3 rings (SSSR count). The van der Waals surface area contributed by atoms with Crippen molar-refractivity contribution in [2.24, 2.45) is 0 Å². The van der Waals surface area contributed by atoms with E-state index in [9.17, 15) is 4.79 Å². The summed E-state index contributed by atoms with van der Waals surface area (Å²) in [6.07, 6.45) is 21.2. The predicted octanol–water partition coefficient (Wildman–Crippen LogP) is 9.50. The van der Waals surface area contributed by atoms with Gasteiger partial charge in [-0.1, -0.05) is 126 Å². The highest BCUT2D eigenvalue weighted by Crippen LogP contribution is 2.21. The van der Waals surface area contributed by atoms with E-state index in [-0.39, 0.29) is 5.91 Å². The van der Waals surface area contributed by atoms with E-state index < -0.39 is 0 Å². The molecule has 0 bridgehead atoms. The fourth-order valence-electron chi connectivity index (χ4n) is 5.13. The van der Waals surface area contributed by atoms with Crippen LogP contribution in [0.3, 0.4) is 0 Å². The highest BCUT2D eigenvalue weighted by molar-refractivity contribution is 7.07. The number of unbranched alkanes of at least 4 members (excludes halogenated alkanes) is 13. The molecule has 1 aromatic heterocycles. The normalized spacial score (nSPS) is 11.1. The summed E-state index contributed by atoms with van der Waals surface area (Å²) >= 11 is 1.68. The summed E-state index contributed by atoms with van der Waals surface area (Å²) in [5.41, 5.74) is 5.30. The number of carbonyl (C=O) groups is 1. The Morgan fingerprint density at radius 3 is 2.00 bits per heavy atom. The van der Waals surface area contributed by atoms with Crippen molar-refractivity contribution in [3.8, 4) is 5.75 Å². The summed E-state index contributed by atoms with van der Waals surface area (Å²) in [7, 11) is 0. The zero-order valence-electron chi connectivity index (χ0n) is 25.0. The molecule has 1 amide bonds. The van der Waals surface area contributed by atoms with Gasteiger partial charge in [-0.2, -0.15) is 4.57 Å². The summed E-state index contributed by atoms with van der Waals surface area (Å²) in [5, 5.41) is 2.07. The average Bonchev–Trinajstić information content (AvgIpc) is 3.47. The lowest BCUT2D eigenvalue weighted by molar-refractivity contribution is -0.683. The van der Waals surface area contributed by atoms with Crippen LogP contribution < -0.4 is 14.2 Å². The highest BCUT2D eigenvalue weighted by atomic mass is 32.1. The Bertz CT molecular complexity index is 1070. The van der Waals surface area contributed by atoms with Crippen LogP contribution in [0.4, 0.5) is 5.69 Å². The Hall–Kier alpha value is -2.66. The molecule has 0 radical (unpaired) electrons. The first-order valence-corrected chi connectivity index (χ1v) is 16.6. The molecule has 218 valence electrons. The van der Waals surface area contributed by atoms with E-state index in [4.69, 9.17) is 4.74 Å². The van der Waals surface area contributed by atoms with E-state index in [1.807, 2.05) is 29.2 Å². The van der Waals surface area contributed by atoms with Crippen molar-refractivity contribution < 1.29 is 14.1 Å². The van der Waals surface area contributed by atoms with Crippen molar-refractivity contribution in [3.05, 3.63) is 76.7 Å². The molecule has 0 aliphatic carbocycles. The van der Waals surface area contributed by atoms with Crippen LogP contribution >= 0.6 is 11.3 Å². The molecule has 0 atom stereocenters. The van der Waals surface area contributed by atoms with Crippen LogP contribution in [-0.2, 0) is 17.9 Å². The van der Waals surface area contributed by atoms with E-state index in [0.717, 1.165) is 36.6 Å². The smallest absolute Gasteiger partial charge is 0.224 e. The van der Waals surface area contributed by atoms with E-state index >= 15 is 0 Å². The lowest BCUT2D eigenvalue weighted by Crippen LogP contribution is -2.31. The number of hydrogen-bond acceptors (Lipinski definition) is 3. The molecule has 0 saturated heterocycles. The minimum Gasteiger partial charge on any atom is -0.494 e. The van der Waals surface area contributed by atoms with Gasteiger partial charge in [0.1, 0.15) is 5.75 Å². The SMILES string of the molecule is CCCCCCCCCCCCCCCCOc1ccc(CN(C(C)=O)c2cccc(C[n+]3ccsc3)c2)cc1. The molecule has 3 aromatic rings. The number of ether oxygens (including phenoxy) is 1. The maximum atomic E-state index is 12.5. The van der Waals surface area contributed by atoms with Crippen LogP contribution in [0, 0.1) is 0 Å². The van der Waals surface area contributed by atoms with Crippen molar-refractivity contribution >= 4 is 22.9 Å². The molecule has 2 aromatic carbocycles. The quantitative estimate of drug-likeness (QED) is 0.0955. The largest absolute Gasteiger partial charge is 0.494 e. The summed E-state index contributed by atoms with van der Waals surface area (Å²) < 4.78 is 8.14. The molecule has 0 saturated carbocycles. The molecule has 1 heterocycles. The first-order valence-electron chi connectivity index (χ1n) is 15.7. The van der Waals surface area contributed by atoms with Crippen LogP contribution in [0.15, 0.2) is 65.6 Å². The average molecular weight is 564 g/mol. The monoisotopic (exact) mass is 563 g/mol. The van der Waals surface area contributed by atoms with E-state index in [1.165, 1.54) is 89.0 Å². The second-order valence-electron chi connectivity index (χ2n) is 11.1. The number of benzene rings is 2. The van der Waals surface area contributed by atoms with Gasteiger partial charge in [0.05, 0.1) is 18.5 Å². The van der Waals surface area contributed by atoms with Crippen LogP contribution in [0.5, 0.6) is 5.75 Å². The second-order valence-corrected chi connectivity index (χ2v) is 11.8. The van der Waals surface area contributed by atoms with Gasteiger partial charge in [-0.05, 0) is 36.2 Å². The second kappa shape index (κ2) is 19.4. The predicted molar refractivity (Wildman–Crippen MR) is 169 cm³/mol.